The van der Waals surface area contributed by atoms with Crippen LogP contribution in [0.15, 0.2) is 91.0 Å². The maximum atomic E-state index is 13.2. The zero-order valence-electron chi connectivity index (χ0n) is 18.8. The predicted octanol–water partition coefficient (Wildman–Crippen LogP) is 6.84. The van der Waals surface area contributed by atoms with E-state index in [1.54, 1.807) is 6.07 Å². The number of aromatic nitrogens is 2. The van der Waals surface area contributed by atoms with E-state index in [1.165, 1.54) is 17.7 Å². The van der Waals surface area contributed by atoms with E-state index in [1.807, 2.05) is 79.7 Å². The number of H-pyrrole nitrogens is 1. The lowest BCUT2D eigenvalue weighted by molar-refractivity contribution is -0.384. The van der Waals surface area contributed by atoms with Crippen molar-refractivity contribution in [1.82, 2.24) is 9.97 Å². The minimum atomic E-state index is -0.482. The van der Waals surface area contributed by atoms with Crippen molar-refractivity contribution in [3.63, 3.8) is 0 Å². The van der Waals surface area contributed by atoms with Crippen LogP contribution in [0.4, 0.5) is 5.69 Å². The maximum Gasteiger partial charge on any atom is 0.270 e. The molecule has 0 saturated carbocycles. The molecule has 5 aromatic rings. The van der Waals surface area contributed by atoms with E-state index < -0.39 is 4.92 Å². The number of imidazole rings is 1. The van der Waals surface area contributed by atoms with Gasteiger partial charge in [0, 0.05) is 39.9 Å². The van der Waals surface area contributed by atoms with Crippen molar-refractivity contribution in [3.05, 3.63) is 118 Å². The Balaban J connectivity index is 1.49. The highest BCUT2D eigenvalue weighted by molar-refractivity contribution is 6.22. The lowest BCUT2D eigenvalue weighted by Crippen LogP contribution is -1.97. The molecule has 0 unspecified atom stereocenters. The number of hydrogen-bond donors (Lipinski definition) is 1. The molecule has 168 valence electrons. The Morgan fingerprint density at radius 1 is 0.743 bits per heavy atom. The van der Waals surface area contributed by atoms with Gasteiger partial charge >= 0.3 is 0 Å². The first-order valence-corrected chi connectivity index (χ1v) is 11.2. The molecule has 0 aliphatic heterocycles. The fourth-order valence-electron chi connectivity index (χ4n) is 4.57. The van der Waals surface area contributed by atoms with Crippen molar-refractivity contribution < 1.29 is 9.72 Å². The van der Waals surface area contributed by atoms with E-state index in [-0.39, 0.29) is 11.5 Å². The van der Waals surface area contributed by atoms with Gasteiger partial charge in [-0.05, 0) is 30.2 Å². The molecule has 0 amide bonds. The van der Waals surface area contributed by atoms with Gasteiger partial charge in [0.05, 0.1) is 16.3 Å². The van der Waals surface area contributed by atoms with Crippen molar-refractivity contribution in [3.8, 4) is 45.0 Å². The molecule has 6 nitrogen and oxygen atoms in total. The van der Waals surface area contributed by atoms with Crippen LogP contribution in [0, 0.1) is 17.0 Å². The number of rotatable bonds is 4. The normalized spacial score (nSPS) is 11.9. The molecule has 6 rings (SSSR count). The summed E-state index contributed by atoms with van der Waals surface area (Å²) in [6, 6.07) is 28.2. The smallest absolute Gasteiger partial charge is 0.270 e. The molecule has 0 saturated heterocycles. The SMILES string of the molecule is Cc1ccc(-c2nc(-c3ccc4c(c3)C(=O)c3cc([N+](=O)[O-])ccc3-4)c(-c3ccccc3)[nH]2)cc1. The fraction of sp³-hybridized carbons (Fsp3) is 0.0345. The largest absolute Gasteiger partial charge is 0.337 e. The molecule has 0 fully saturated rings. The van der Waals surface area contributed by atoms with E-state index in [9.17, 15) is 14.9 Å². The van der Waals surface area contributed by atoms with Gasteiger partial charge in [-0.15, -0.1) is 0 Å². The summed E-state index contributed by atoms with van der Waals surface area (Å²) >= 11 is 0. The topological polar surface area (TPSA) is 88.9 Å². The van der Waals surface area contributed by atoms with E-state index in [0.29, 0.717) is 16.7 Å². The molecule has 35 heavy (non-hydrogen) atoms. The molecule has 1 aliphatic rings. The number of nitrogens with zero attached hydrogens (tertiary/aromatic N) is 2. The number of benzene rings is 4. The Morgan fingerprint density at radius 2 is 1.40 bits per heavy atom. The molecule has 0 radical (unpaired) electrons. The Hall–Kier alpha value is -4.84. The summed E-state index contributed by atoms with van der Waals surface area (Å²) in [4.78, 5) is 32.4. The summed E-state index contributed by atoms with van der Waals surface area (Å²) in [6.45, 7) is 2.04. The Labute approximate surface area is 201 Å². The van der Waals surface area contributed by atoms with Crippen molar-refractivity contribution in [2.45, 2.75) is 6.92 Å². The van der Waals surface area contributed by atoms with Crippen LogP contribution < -0.4 is 0 Å². The Bertz CT molecular complexity index is 1630. The summed E-state index contributed by atoms with van der Waals surface area (Å²) in [5, 5.41) is 11.2. The van der Waals surface area contributed by atoms with Crippen LogP contribution in [-0.2, 0) is 0 Å². The number of carbonyl (C=O) groups excluding carboxylic acids is 1. The highest BCUT2D eigenvalue weighted by atomic mass is 16.6. The first kappa shape index (κ1) is 20.7. The number of nitro groups is 1. The molecule has 1 N–H and O–H groups in total. The van der Waals surface area contributed by atoms with Crippen LogP contribution >= 0.6 is 0 Å². The molecule has 1 heterocycles. The number of hydrogen-bond acceptors (Lipinski definition) is 4. The second-order valence-corrected chi connectivity index (χ2v) is 8.62. The van der Waals surface area contributed by atoms with Gasteiger partial charge in [-0.2, -0.15) is 0 Å². The molecule has 0 spiro atoms. The van der Waals surface area contributed by atoms with Crippen molar-refractivity contribution in [1.29, 1.82) is 0 Å². The van der Waals surface area contributed by atoms with Gasteiger partial charge in [-0.3, -0.25) is 14.9 Å². The average molecular weight is 457 g/mol. The van der Waals surface area contributed by atoms with Gasteiger partial charge in [0.15, 0.2) is 5.78 Å². The molecular formula is C29H19N3O3. The third kappa shape index (κ3) is 3.43. The molecular weight excluding hydrogens is 438 g/mol. The third-order valence-corrected chi connectivity index (χ3v) is 6.38. The summed E-state index contributed by atoms with van der Waals surface area (Å²) in [6.07, 6.45) is 0. The number of non-ortho nitro benzene ring substituents is 1. The first-order valence-electron chi connectivity index (χ1n) is 11.2. The number of carbonyl (C=O) groups is 1. The highest BCUT2D eigenvalue weighted by Crippen LogP contribution is 2.41. The number of aryl methyl sites for hydroxylation is 1. The van der Waals surface area contributed by atoms with Crippen LogP contribution in [0.3, 0.4) is 0 Å². The van der Waals surface area contributed by atoms with Crippen LogP contribution in [0.1, 0.15) is 21.5 Å². The van der Waals surface area contributed by atoms with Crippen molar-refractivity contribution >= 4 is 11.5 Å². The Kier molecular flexibility index (Phi) is 4.67. The van der Waals surface area contributed by atoms with Crippen molar-refractivity contribution in [2.24, 2.45) is 0 Å². The monoisotopic (exact) mass is 457 g/mol. The molecule has 6 heteroatoms. The number of aromatic amines is 1. The molecule has 4 aromatic carbocycles. The predicted molar refractivity (Wildman–Crippen MR) is 135 cm³/mol. The van der Waals surface area contributed by atoms with Gasteiger partial charge in [0.1, 0.15) is 5.82 Å². The fourth-order valence-corrected chi connectivity index (χ4v) is 4.57. The lowest BCUT2D eigenvalue weighted by atomic mass is 9.99. The number of nitro benzene ring substituents is 1. The summed E-state index contributed by atoms with van der Waals surface area (Å²) in [5.74, 6) is 0.528. The van der Waals surface area contributed by atoms with Gasteiger partial charge in [-0.1, -0.05) is 72.3 Å². The highest BCUT2D eigenvalue weighted by Gasteiger charge is 2.29. The van der Waals surface area contributed by atoms with Gasteiger partial charge < -0.3 is 4.98 Å². The number of ketones is 1. The van der Waals surface area contributed by atoms with E-state index in [0.717, 1.165) is 39.5 Å². The molecule has 0 atom stereocenters. The standard InChI is InChI=1S/C29H19N3O3/c1-17-7-9-19(10-8-17)29-30-26(18-5-3-2-4-6-18)27(31-29)20-11-13-22-23-14-12-21(32(34)35)16-25(23)28(33)24(22)15-20/h2-16H,1H3,(H,30,31). The second kappa shape index (κ2) is 7.88. The molecule has 1 aliphatic carbocycles. The van der Waals surface area contributed by atoms with Crippen LogP contribution in [-0.4, -0.2) is 20.7 Å². The van der Waals surface area contributed by atoms with Gasteiger partial charge in [-0.25, -0.2) is 4.98 Å². The van der Waals surface area contributed by atoms with Crippen LogP contribution in [0.25, 0.3) is 45.0 Å². The number of nitrogens with one attached hydrogen (secondary N) is 1. The molecule has 0 bridgehead atoms. The third-order valence-electron chi connectivity index (χ3n) is 6.38. The second-order valence-electron chi connectivity index (χ2n) is 8.62. The zero-order chi connectivity index (χ0) is 24.1. The zero-order valence-corrected chi connectivity index (χ0v) is 18.8. The average Bonchev–Trinajstić information content (AvgIpc) is 3.45. The summed E-state index contributed by atoms with van der Waals surface area (Å²) < 4.78 is 0. The van der Waals surface area contributed by atoms with E-state index in [2.05, 4.69) is 4.98 Å². The van der Waals surface area contributed by atoms with Crippen LogP contribution in [0.2, 0.25) is 0 Å². The number of fused-ring (bicyclic) bond motifs is 3. The van der Waals surface area contributed by atoms with Crippen molar-refractivity contribution in [2.75, 3.05) is 0 Å². The lowest BCUT2D eigenvalue weighted by Gasteiger charge is -2.06. The minimum absolute atomic E-state index is 0.0912. The van der Waals surface area contributed by atoms with Gasteiger partial charge in [0.2, 0.25) is 0 Å². The Morgan fingerprint density at radius 3 is 2.11 bits per heavy atom. The van der Waals surface area contributed by atoms with Gasteiger partial charge in [0.25, 0.3) is 5.69 Å². The molecule has 1 aromatic heterocycles. The maximum absolute atomic E-state index is 13.2. The van der Waals surface area contributed by atoms with E-state index in [4.69, 9.17) is 4.98 Å². The quantitative estimate of drug-likeness (QED) is 0.232. The summed E-state index contributed by atoms with van der Waals surface area (Å²) in [7, 11) is 0. The first-order chi connectivity index (χ1) is 17.0. The van der Waals surface area contributed by atoms with Crippen LogP contribution in [0.5, 0.6) is 0 Å². The van der Waals surface area contributed by atoms with E-state index >= 15 is 0 Å². The minimum Gasteiger partial charge on any atom is -0.337 e. The summed E-state index contributed by atoms with van der Waals surface area (Å²) in [5.41, 5.74) is 7.81.